The SMILES string of the molecule is Cl.O=C(Cc1cc(Br)ccc1F)N1CCNCC1. The minimum absolute atomic E-state index is 0. The van der Waals surface area contributed by atoms with Crippen molar-refractivity contribution >= 4 is 34.2 Å². The molecular weight excluding hydrogens is 323 g/mol. The molecule has 1 amide bonds. The van der Waals surface area contributed by atoms with Crippen LogP contribution in [0.3, 0.4) is 0 Å². The van der Waals surface area contributed by atoms with Crippen LogP contribution in [0, 0.1) is 5.82 Å². The van der Waals surface area contributed by atoms with Crippen molar-refractivity contribution in [2.75, 3.05) is 26.2 Å². The number of carbonyl (C=O) groups excluding carboxylic acids is 1. The molecule has 6 heteroatoms. The molecule has 0 bridgehead atoms. The van der Waals surface area contributed by atoms with Crippen molar-refractivity contribution in [3.8, 4) is 0 Å². The first-order valence-electron chi connectivity index (χ1n) is 5.59. The second-order valence-electron chi connectivity index (χ2n) is 4.04. The summed E-state index contributed by atoms with van der Waals surface area (Å²) in [7, 11) is 0. The molecule has 0 aromatic heterocycles. The molecule has 1 N–H and O–H groups in total. The maximum atomic E-state index is 13.5. The zero-order valence-corrected chi connectivity index (χ0v) is 12.2. The summed E-state index contributed by atoms with van der Waals surface area (Å²) in [6.45, 7) is 3.03. The van der Waals surface area contributed by atoms with E-state index in [9.17, 15) is 9.18 Å². The second-order valence-corrected chi connectivity index (χ2v) is 4.96. The van der Waals surface area contributed by atoms with E-state index in [1.807, 2.05) is 0 Å². The Hall–Kier alpha value is -0.650. The molecule has 1 aliphatic heterocycles. The van der Waals surface area contributed by atoms with E-state index in [-0.39, 0.29) is 30.6 Å². The van der Waals surface area contributed by atoms with Crippen molar-refractivity contribution in [3.63, 3.8) is 0 Å². The monoisotopic (exact) mass is 336 g/mol. The smallest absolute Gasteiger partial charge is 0.227 e. The van der Waals surface area contributed by atoms with Gasteiger partial charge in [-0.25, -0.2) is 4.39 Å². The predicted molar refractivity (Wildman–Crippen MR) is 74.5 cm³/mol. The lowest BCUT2D eigenvalue weighted by atomic mass is 10.1. The molecule has 18 heavy (non-hydrogen) atoms. The topological polar surface area (TPSA) is 32.3 Å². The van der Waals surface area contributed by atoms with Crippen molar-refractivity contribution < 1.29 is 9.18 Å². The first-order chi connectivity index (χ1) is 8.16. The summed E-state index contributed by atoms with van der Waals surface area (Å²) in [5.74, 6) is -0.333. The largest absolute Gasteiger partial charge is 0.340 e. The van der Waals surface area contributed by atoms with E-state index in [1.54, 1.807) is 17.0 Å². The minimum Gasteiger partial charge on any atom is -0.340 e. The number of piperazine rings is 1. The van der Waals surface area contributed by atoms with E-state index in [4.69, 9.17) is 0 Å². The fourth-order valence-electron chi connectivity index (χ4n) is 1.87. The average Bonchev–Trinajstić information content (AvgIpc) is 2.35. The molecule has 3 nitrogen and oxygen atoms in total. The van der Waals surface area contributed by atoms with Gasteiger partial charge < -0.3 is 10.2 Å². The van der Waals surface area contributed by atoms with Crippen molar-refractivity contribution in [2.24, 2.45) is 0 Å². The Morgan fingerprint density at radius 2 is 2.06 bits per heavy atom. The van der Waals surface area contributed by atoms with Gasteiger partial charge in [0.15, 0.2) is 0 Å². The Bertz CT molecular complexity index is 425. The Morgan fingerprint density at radius 1 is 1.39 bits per heavy atom. The van der Waals surface area contributed by atoms with E-state index < -0.39 is 0 Å². The summed E-state index contributed by atoms with van der Waals surface area (Å²) in [5, 5.41) is 3.18. The Balaban J connectivity index is 0.00000162. The first-order valence-corrected chi connectivity index (χ1v) is 6.38. The van der Waals surface area contributed by atoms with Crippen LogP contribution in [0.5, 0.6) is 0 Å². The lowest BCUT2D eigenvalue weighted by molar-refractivity contribution is -0.131. The maximum absolute atomic E-state index is 13.5. The number of hydrogen-bond acceptors (Lipinski definition) is 2. The highest BCUT2D eigenvalue weighted by molar-refractivity contribution is 9.10. The third-order valence-electron chi connectivity index (χ3n) is 2.82. The molecule has 0 atom stereocenters. The molecule has 0 unspecified atom stereocenters. The fourth-order valence-corrected chi connectivity index (χ4v) is 2.28. The highest BCUT2D eigenvalue weighted by Crippen LogP contribution is 2.16. The fraction of sp³-hybridized carbons (Fsp3) is 0.417. The lowest BCUT2D eigenvalue weighted by Gasteiger charge is -2.27. The lowest BCUT2D eigenvalue weighted by Crippen LogP contribution is -2.47. The van der Waals surface area contributed by atoms with Crippen molar-refractivity contribution in [1.82, 2.24) is 10.2 Å². The first kappa shape index (κ1) is 15.4. The second kappa shape index (κ2) is 7.07. The van der Waals surface area contributed by atoms with Crippen LogP contribution in [0.1, 0.15) is 5.56 Å². The summed E-state index contributed by atoms with van der Waals surface area (Å²) < 4.78 is 14.3. The predicted octanol–water partition coefficient (Wildman–Crippen LogP) is 1.98. The van der Waals surface area contributed by atoms with Crippen LogP contribution in [0.2, 0.25) is 0 Å². The summed E-state index contributed by atoms with van der Waals surface area (Å²) >= 11 is 3.28. The highest BCUT2D eigenvalue weighted by Gasteiger charge is 2.17. The van der Waals surface area contributed by atoms with Crippen molar-refractivity contribution in [3.05, 3.63) is 34.1 Å². The molecule has 100 valence electrons. The van der Waals surface area contributed by atoms with Gasteiger partial charge in [-0.3, -0.25) is 4.79 Å². The third kappa shape index (κ3) is 3.93. The van der Waals surface area contributed by atoms with Gasteiger partial charge in [0.25, 0.3) is 0 Å². The van der Waals surface area contributed by atoms with Gasteiger partial charge in [-0.1, -0.05) is 15.9 Å². The van der Waals surface area contributed by atoms with E-state index in [0.29, 0.717) is 18.7 Å². The summed E-state index contributed by atoms with van der Waals surface area (Å²) in [6, 6.07) is 4.67. The number of benzene rings is 1. The molecule has 1 fully saturated rings. The van der Waals surface area contributed by atoms with Crippen molar-refractivity contribution in [1.29, 1.82) is 0 Å². The van der Waals surface area contributed by atoms with E-state index in [2.05, 4.69) is 21.2 Å². The van der Waals surface area contributed by atoms with Crippen LogP contribution in [0.4, 0.5) is 4.39 Å². The normalized spacial score (nSPS) is 15.1. The molecule has 1 aliphatic rings. The molecule has 1 saturated heterocycles. The number of amides is 1. The molecule has 0 aliphatic carbocycles. The van der Waals surface area contributed by atoms with E-state index in [1.165, 1.54) is 6.07 Å². The van der Waals surface area contributed by atoms with Gasteiger partial charge >= 0.3 is 0 Å². The van der Waals surface area contributed by atoms with Crippen LogP contribution in [0.25, 0.3) is 0 Å². The maximum Gasteiger partial charge on any atom is 0.227 e. The average molecular weight is 338 g/mol. The Morgan fingerprint density at radius 3 is 2.72 bits per heavy atom. The number of carbonyl (C=O) groups is 1. The van der Waals surface area contributed by atoms with Gasteiger partial charge in [0, 0.05) is 30.7 Å². The zero-order chi connectivity index (χ0) is 12.3. The van der Waals surface area contributed by atoms with Crippen molar-refractivity contribution in [2.45, 2.75) is 6.42 Å². The molecule has 1 heterocycles. The molecule has 0 spiro atoms. The molecule has 1 aromatic carbocycles. The number of halogens is 3. The summed E-state index contributed by atoms with van der Waals surface area (Å²) in [4.78, 5) is 13.7. The van der Waals surface area contributed by atoms with Gasteiger partial charge in [-0.2, -0.15) is 0 Å². The molecular formula is C12H15BrClFN2O. The number of rotatable bonds is 2. The highest BCUT2D eigenvalue weighted by atomic mass is 79.9. The van der Waals surface area contributed by atoms with Gasteiger partial charge in [-0.05, 0) is 23.8 Å². The van der Waals surface area contributed by atoms with Crippen LogP contribution in [0.15, 0.2) is 22.7 Å². The number of nitrogens with one attached hydrogen (secondary N) is 1. The molecule has 0 radical (unpaired) electrons. The van der Waals surface area contributed by atoms with Gasteiger partial charge in [-0.15, -0.1) is 12.4 Å². The molecule has 0 saturated carbocycles. The summed E-state index contributed by atoms with van der Waals surface area (Å²) in [5.41, 5.74) is 0.447. The van der Waals surface area contributed by atoms with Crippen LogP contribution in [-0.4, -0.2) is 37.0 Å². The standard InChI is InChI=1S/C12H14BrFN2O.ClH/c13-10-1-2-11(14)9(7-10)8-12(17)16-5-3-15-4-6-16;/h1-2,7,15H,3-6,8H2;1H. The minimum atomic E-state index is -0.323. The van der Waals surface area contributed by atoms with Crippen LogP contribution >= 0.6 is 28.3 Å². The Kier molecular flexibility index (Phi) is 6.05. The number of hydrogen-bond donors (Lipinski definition) is 1. The van der Waals surface area contributed by atoms with Crippen LogP contribution < -0.4 is 5.32 Å². The van der Waals surface area contributed by atoms with Gasteiger partial charge in [0.2, 0.25) is 5.91 Å². The van der Waals surface area contributed by atoms with E-state index >= 15 is 0 Å². The zero-order valence-electron chi connectivity index (χ0n) is 9.79. The van der Waals surface area contributed by atoms with Gasteiger partial charge in [0.1, 0.15) is 5.82 Å². The van der Waals surface area contributed by atoms with Crippen LogP contribution in [-0.2, 0) is 11.2 Å². The molecule has 2 rings (SSSR count). The Labute approximate surface area is 120 Å². The number of nitrogens with zero attached hydrogens (tertiary/aromatic N) is 1. The third-order valence-corrected chi connectivity index (χ3v) is 3.31. The summed E-state index contributed by atoms with van der Waals surface area (Å²) in [6.07, 6.45) is 0.130. The molecule has 1 aromatic rings. The quantitative estimate of drug-likeness (QED) is 0.895. The van der Waals surface area contributed by atoms with E-state index in [0.717, 1.165) is 17.6 Å². The van der Waals surface area contributed by atoms with Gasteiger partial charge in [0.05, 0.1) is 6.42 Å².